The van der Waals surface area contributed by atoms with Crippen LogP contribution in [0.1, 0.15) is 24.8 Å². The van der Waals surface area contributed by atoms with E-state index in [-0.39, 0.29) is 17.6 Å². The summed E-state index contributed by atoms with van der Waals surface area (Å²) >= 11 is 0. The maximum atomic E-state index is 13.0. The molecule has 1 aliphatic carbocycles. The van der Waals surface area contributed by atoms with Crippen LogP contribution in [-0.2, 0) is 9.59 Å². The topological polar surface area (TPSA) is 47.1 Å². The molecule has 162 valence electrons. The lowest BCUT2D eigenvalue weighted by atomic mass is 9.91. The van der Waals surface area contributed by atoms with Crippen LogP contribution in [0.25, 0.3) is 6.08 Å². The van der Waals surface area contributed by atoms with Gasteiger partial charge in [-0.05, 0) is 36.6 Å². The summed E-state index contributed by atoms with van der Waals surface area (Å²) in [6.07, 6.45) is 7.23. The van der Waals surface area contributed by atoms with E-state index in [0.717, 1.165) is 37.8 Å². The van der Waals surface area contributed by atoms with Crippen molar-refractivity contribution in [1.29, 1.82) is 0 Å². The van der Waals surface area contributed by atoms with Gasteiger partial charge >= 0.3 is 0 Å². The van der Waals surface area contributed by atoms with Crippen LogP contribution in [0, 0.1) is 5.82 Å². The van der Waals surface area contributed by atoms with E-state index in [4.69, 9.17) is 0 Å². The van der Waals surface area contributed by atoms with Crippen LogP contribution in [0.5, 0.6) is 0 Å². The Morgan fingerprint density at radius 1 is 0.900 bits per heavy atom. The minimum atomic E-state index is -0.288. The normalized spacial score (nSPS) is 21.8. The molecule has 6 nitrogen and oxygen atoms in total. The molecular formula is C23H31FN4O2. The van der Waals surface area contributed by atoms with Crippen LogP contribution in [0.2, 0.25) is 0 Å². The molecule has 0 N–H and O–H groups in total. The number of benzene rings is 1. The Kier molecular flexibility index (Phi) is 6.79. The second-order valence-electron chi connectivity index (χ2n) is 8.49. The molecule has 4 rings (SSSR count). The number of hydrogen-bond acceptors (Lipinski definition) is 4. The van der Waals surface area contributed by atoms with Gasteiger partial charge in [0, 0.05) is 64.5 Å². The molecule has 1 saturated carbocycles. The third-order valence-electron chi connectivity index (χ3n) is 6.59. The molecule has 0 spiro atoms. The van der Waals surface area contributed by atoms with E-state index >= 15 is 0 Å². The Morgan fingerprint density at radius 2 is 1.53 bits per heavy atom. The monoisotopic (exact) mass is 414 g/mol. The summed E-state index contributed by atoms with van der Waals surface area (Å²) < 4.78 is 13.0. The van der Waals surface area contributed by atoms with Crippen LogP contribution in [-0.4, -0.2) is 96.4 Å². The highest BCUT2D eigenvalue weighted by Crippen LogP contribution is 2.25. The largest absolute Gasteiger partial charge is 0.339 e. The molecule has 0 radical (unpaired) electrons. The number of nitrogens with zero attached hydrogens (tertiary/aromatic N) is 4. The van der Waals surface area contributed by atoms with Gasteiger partial charge in [0.05, 0.1) is 6.54 Å². The van der Waals surface area contributed by atoms with Crippen LogP contribution in [0.15, 0.2) is 30.3 Å². The van der Waals surface area contributed by atoms with E-state index in [1.54, 1.807) is 23.1 Å². The summed E-state index contributed by atoms with van der Waals surface area (Å²) in [5.74, 6) is -0.124. The summed E-state index contributed by atoms with van der Waals surface area (Å²) in [4.78, 5) is 33.6. The minimum absolute atomic E-state index is 0.0441. The van der Waals surface area contributed by atoms with Gasteiger partial charge in [0.1, 0.15) is 5.82 Å². The molecule has 0 bridgehead atoms. The van der Waals surface area contributed by atoms with Crippen molar-refractivity contribution in [2.24, 2.45) is 0 Å². The Bertz CT molecular complexity index is 762. The van der Waals surface area contributed by atoms with Crippen molar-refractivity contribution < 1.29 is 14.0 Å². The Balaban J connectivity index is 1.17. The van der Waals surface area contributed by atoms with Crippen LogP contribution in [0.3, 0.4) is 0 Å². The molecule has 3 aliphatic rings. The zero-order valence-electron chi connectivity index (χ0n) is 17.5. The second-order valence-corrected chi connectivity index (χ2v) is 8.49. The minimum Gasteiger partial charge on any atom is -0.339 e. The maximum Gasteiger partial charge on any atom is 0.246 e. The molecule has 7 heteroatoms. The summed E-state index contributed by atoms with van der Waals surface area (Å²) in [7, 11) is 0. The highest BCUT2D eigenvalue weighted by atomic mass is 19.1. The number of rotatable bonds is 5. The SMILES string of the molecule is O=C(C=Cc1ccc(F)cc1)N1CCN(CC(=O)N2CCN(C3CCC3)CC2)CC1. The molecule has 0 atom stereocenters. The van der Waals surface area contributed by atoms with Crippen molar-refractivity contribution in [3.05, 3.63) is 41.7 Å². The highest BCUT2D eigenvalue weighted by Gasteiger charge is 2.30. The van der Waals surface area contributed by atoms with Crippen LogP contribution in [0.4, 0.5) is 4.39 Å². The predicted octanol–water partition coefficient (Wildman–Crippen LogP) is 1.68. The van der Waals surface area contributed by atoms with Crippen LogP contribution < -0.4 is 0 Å². The lowest BCUT2D eigenvalue weighted by molar-refractivity contribution is -0.135. The number of hydrogen-bond donors (Lipinski definition) is 0. The lowest BCUT2D eigenvalue weighted by Crippen LogP contribution is -2.56. The van der Waals surface area contributed by atoms with E-state index in [9.17, 15) is 14.0 Å². The number of carbonyl (C=O) groups excluding carboxylic acids is 2. The molecule has 30 heavy (non-hydrogen) atoms. The molecule has 2 heterocycles. The van der Waals surface area contributed by atoms with Gasteiger partial charge in [0.25, 0.3) is 0 Å². The molecule has 1 aromatic rings. The molecule has 0 unspecified atom stereocenters. The van der Waals surface area contributed by atoms with E-state index in [1.807, 2.05) is 4.90 Å². The van der Waals surface area contributed by atoms with Crippen molar-refractivity contribution in [2.45, 2.75) is 25.3 Å². The number of halogens is 1. The summed E-state index contributed by atoms with van der Waals surface area (Å²) in [5, 5.41) is 0. The third-order valence-corrected chi connectivity index (χ3v) is 6.59. The number of amides is 2. The highest BCUT2D eigenvalue weighted by molar-refractivity contribution is 5.91. The van der Waals surface area contributed by atoms with Crippen molar-refractivity contribution >= 4 is 17.9 Å². The Labute approximate surface area is 177 Å². The fourth-order valence-corrected chi connectivity index (χ4v) is 4.35. The average Bonchev–Trinajstić information content (AvgIpc) is 2.73. The molecule has 3 fully saturated rings. The Hall–Kier alpha value is -2.25. The molecule has 2 aliphatic heterocycles. The molecule has 1 aromatic carbocycles. The van der Waals surface area contributed by atoms with Gasteiger partial charge in [0.2, 0.25) is 11.8 Å². The fourth-order valence-electron chi connectivity index (χ4n) is 4.35. The van der Waals surface area contributed by atoms with E-state index < -0.39 is 0 Å². The lowest BCUT2D eigenvalue weighted by Gasteiger charge is -2.43. The predicted molar refractivity (Wildman–Crippen MR) is 114 cm³/mol. The zero-order chi connectivity index (χ0) is 20.9. The quantitative estimate of drug-likeness (QED) is 0.688. The van der Waals surface area contributed by atoms with Crippen molar-refractivity contribution in [3.8, 4) is 0 Å². The fraction of sp³-hybridized carbons (Fsp3) is 0.565. The average molecular weight is 415 g/mol. The summed E-state index contributed by atoms with van der Waals surface area (Å²) in [6.45, 7) is 6.78. The summed E-state index contributed by atoms with van der Waals surface area (Å²) in [6, 6.07) is 6.81. The van der Waals surface area contributed by atoms with Gasteiger partial charge < -0.3 is 9.80 Å². The van der Waals surface area contributed by atoms with E-state index in [2.05, 4.69) is 9.80 Å². The first kappa shape index (κ1) is 21.0. The smallest absolute Gasteiger partial charge is 0.246 e. The summed E-state index contributed by atoms with van der Waals surface area (Å²) in [5.41, 5.74) is 0.798. The molecule has 0 aromatic heterocycles. The third kappa shape index (κ3) is 5.26. The van der Waals surface area contributed by atoms with Crippen molar-refractivity contribution in [1.82, 2.24) is 19.6 Å². The maximum absolute atomic E-state index is 13.0. The first-order chi connectivity index (χ1) is 14.6. The first-order valence-corrected chi connectivity index (χ1v) is 11.1. The van der Waals surface area contributed by atoms with Gasteiger partial charge in [-0.3, -0.25) is 19.4 Å². The standard InChI is InChI=1S/C23H31FN4O2/c24-20-7-4-19(5-8-20)6-9-22(29)27-12-10-25(11-13-27)18-23(30)28-16-14-26(15-17-28)21-2-1-3-21/h4-9,21H,1-3,10-18H2. The van der Waals surface area contributed by atoms with E-state index in [1.165, 1.54) is 37.5 Å². The Morgan fingerprint density at radius 3 is 2.13 bits per heavy atom. The van der Waals surface area contributed by atoms with Gasteiger partial charge in [0.15, 0.2) is 0 Å². The first-order valence-electron chi connectivity index (χ1n) is 11.1. The van der Waals surface area contributed by atoms with Gasteiger partial charge in [-0.25, -0.2) is 4.39 Å². The van der Waals surface area contributed by atoms with Gasteiger partial charge in [-0.2, -0.15) is 0 Å². The van der Waals surface area contributed by atoms with Crippen molar-refractivity contribution in [3.63, 3.8) is 0 Å². The zero-order valence-corrected chi connectivity index (χ0v) is 17.5. The molecule has 2 saturated heterocycles. The molecular weight excluding hydrogens is 383 g/mol. The van der Waals surface area contributed by atoms with Crippen LogP contribution >= 0.6 is 0 Å². The van der Waals surface area contributed by atoms with Gasteiger partial charge in [-0.1, -0.05) is 18.6 Å². The number of carbonyl (C=O) groups is 2. The van der Waals surface area contributed by atoms with Gasteiger partial charge in [-0.15, -0.1) is 0 Å². The van der Waals surface area contributed by atoms with Crippen molar-refractivity contribution in [2.75, 3.05) is 58.9 Å². The number of piperazine rings is 2. The molecule has 2 amide bonds. The second kappa shape index (κ2) is 9.71. The van der Waals surface area contributed by atoms with E-state index in [0.29, 0.717) is 32.7 Å².